The molecule has 13 nitrogen and oxygen atoms in total. The fourth-order valence-corrected chi connectivity index (χ4v) is 3.20. The summed E-state index contributed by atoms with van der Waals surface area (Å²) in [6, 6.07) is 3.31. The number of carbonyl (C=O) groups excluding carboxylic acids is 4. The molecule has 4 atom stereocenters. The second-order valence-electron chi connectivity index (χ2n) is 8.59. The van der Waals surface area contributed by atoms with Crippen LogP contribution < -0.4 is 27.4 Å². The highest BCUT2D eigenvalue weighted by Gasteiger charge is 2.32. The molecule has 198 valence electrons. The van der Waals surface area contributed by atoms with Crippen LogP contribution in [0.25, 0.3) is 0 Å². The molecule has 4 amide bonds. The van der Waals surface area contributed by atoms with Crippen molar-refractivity contribution in [3.63, 3.8) is 0 Å². The highest BCUT2D eigenvalue weighted by molar-refractivity contribution is 5.96. The minimum atomic E-state index is -1.51. The third-order valence-electron chi connectivity index (χ3n) is 5.19. The summed E-state index contributed by atoms with van der Waals surface area (Å²) in [5.74, 6) is -6.41. The molecule has 0 aliphatic rings. The smallest absolute Gasteiger partial charge is 0.326 e. The molecule has 0 saturated heterocycles. The Hall–Kier alpha value is -4.00. The number of carboxylic acids is 2. The number of benzene rings is 1. The van der Waals surface area contributed by atoms with Crippen LogP contribution in [0, 0.1) is 5.92 Å². The second kappa shape index (κ2) is 14.4. The maximum atomic E-state index is 12.9. The molecule has 0 radical (unpaired) electrons. The zero-order valence-electron chi connectivity index (χ0n) is 20.1. The SMILES string of the molecule is CC(C)C(NC(=O)C(N)CCC(=O)O)C(=O)NC(CC(N)=O)C(=O)NC(Cc1ccccc1)C(=O)O. The summed E-state index contributed by atoms with van der Waals surface area (Å²) in [7, 11) is 0. The number of aliphatic carboxylic acids is 2. The van der Waals surface area contributed by atoms with Crippen molar-refractivity contribution in [1.29, 1.82) is 0 Å². The van der Waals surface area contributed by atoms with Crippen LogP contribution in [0.15, 0.2) is 30.3 Å². The van der Waals surface area contributed by atoms with Crippen molar-refractivity contribution in [3.8, 4) is 0 Å². The molecule has 0 aromatic heterocycles. The van der Waals surface area contributed by atoms with Crippen LogP contribution in [0.4, 0.5) is 0 Å². The molecule has 9 N–H and O–H groups in total. The van der Waals surface area contributed by atoms with E-state index in [1.165, 1.54) is 0 Å². The van der Waals surface area contributed by atoms with Gasteiger partial charge >= 0.3 is 11.9 Å². The molecule has 0 saturated carbocycles. The van der Waals surface area contributed by atoms with Crippen molar-refractivity contribution in [3.05, 3.63) is 35.9 Å². The molecule has 13 heteroatoms. The largest absolute Gasteiger partial charge is 0.481 e. The quantitative estimate of drug-likeness (QED) is 0.146. The lowest BCUT2D eigenvalue weighted by atomic mass is 10.0. The summed E-state index contributed by atoms with van der Waals surface area (Å²) in [5.41, 5.74) is 11.5. The van der Waals surface area contributed by atoms with E-state index in [4.69, 9.17) is 16.6 Å². The second-order valence-corrected chi connectivity index (χ2v) is 8.59. The highest BCUT2D eigenvalue weighted by Crippen LogP contribution is 2.07. The lowest BCUT2D eigenvalue weighted by molar-refractivity contribution is -0.142. The first-order valence-corrected chi connectivity index (χ1v) is 11.2. The number of carboxylic acid groups (broad SMARTS) is 2. The number of hydrogen-bond acceptors (Lipinski definition) is 7. The van der Waals surface area contributed by atoms with Gasteiger partial charge in [0.15, 0.2) is 0 Å². The van der Waals surface area contributed by atoms with E-state index in [1.807, 2.05) is 0 Å². The minimum absolute atomic E-state index is 0.0436. The van der Waals surface area contributed by atoms with Crippen molar-refractivity contribution in [2.75, 3.05) is 0 Å². The highest BCUT2D eigenvalue weighted by atomic mass is 16.4. The monoisotopic (exact) mass is 507 g/mol. The van der Waals surface area contributed by atoms with Crippen molar-refractivity contribution in [2.45, 2.75) is 63.7 Å². The molecule has 0 aliphatic heterocycles. The minimum Gasteiger partial charge on any atom is -0.481 e. The van der Waals surface area contributed by atoms with Gasteiger partial charge in [-0.2, -0.15) is 0 Å². The van der Waals surface area contributed by atoms with Crippen LogP contribution in [0.3, 0.4) is 0 Å². The summed E-state index contributed by atoms with van der Waals surface area (Å²) < 4.78 is 0. The number of nitrogens with one attached hydrogen (secondary N) is 3. The molecule has 0 bridgehead atoms. The maximum Gasteiger partial charge on any atom is 0.326 e. The molecule has 0 spiro atoms. The maximum absolute atomic E-state index is 12.9. The number of amides is 4. The van der Waals surface area contributed by atoms with Gasteiger partial charge in [0.25, 0.3) is 0 Å². The Bertz CT molecular complexity index is 953. The Labute approximate surface area is 208 Å². The number of nitrogens with two attached hydrogens (primary N) is 2. The van der Waals surface area contributed by atoms with E-state index >= 15 is 0 Å². The Balaban J connectivity index is 2.95. The van der Waals surface area contributed by atoms with E-state index in [9.17, 15) is 33.9 Å². The number of carbonyl (C=O) groups is 6. The van der Waals surface area contributed by atoms with Crippen molar-refractivity contribution in [2.24, 2.45) is 17.4 Å². The molecule has 0 fully saturated rings. The van der Waals surface area contributed by atoms with Gasteiger partial charge in [-0.15, -0.1) is 0 Å². The van der Waals surface area contributed by atoms with E-state index in [0.29, 0.717) is 5.56 Å². The van der Waals surface area contributed by atoms with Gasteiger partial charge in [0.2, 0.25) is 23.6 Å². The third kappa shape index (κ3) is 10.5. The zero-order chi connectivity index (χ0) is 27.4. The van der Waals surface area contributed by atoms with Gasteiger partial charge in [0.05, 0.1) is 12.5 Å². The average molecular weight is 508 g/mol. The molecule has 0 aliphatic carbocycles. The van der Waals surface area contributed by atoms with E-state index in [0.717, 1.165) is 0 Å². The Morgan fingerprint density at radius 3 is 1.94 bits per heavy atom. The number of rotatable bonds is 15. The Kier molecular flexibility index (Phi) is 12.0. The first kappa shape index (κ1) is 30.0. The predicted molar refractivity (Wildman–Crippen MR) is 127 cm³/mol. The van der Waals surface area contributed by atoms with Gasteiger partial charge in [0.1, 0.15) is 18.1 Å². The topological polar surface area (TPSA) is 231 Å². The lowest BCUT2D eigenvalue weighted by Gasteiger charge is -2.26. The van der Waals surface area contributed by atoms with Crippen LogP contribution in [0.1, 0.15) is 38.7 Å². The molecular weight excluding hydrogens is 474 g/mol. The Morgan fingerprint density at radius 2 is 1.44 bits per heavy atom. The normalized spacial score (nSPS) is 14.1. The molecule has 0 heterocycles. The molecule has 36 heavy (non-hydrogen) atoms. The molecule has 1 rings (SSSR count). The summed E-state index contributed by atoms with van der Waals surface area (Å²) in [4.78, 5) is 72.0. The molecule has 4 unspecified atom stereocenters. The van der Waals surface area contributed by atoms with E-state index in [1.54, 1.807) is 44.2 Å². The summed E-state index contributed by atoms with van der Waals surface area (Å²) in [5, 5.41) is 25.3. The summed E-state index contributed by atoms with van der Waals surface area (Å²) in [6.07, 6.45) is -1.16. The van der Waals surface area contributed by atoms with Gasteiger partial charge in [-0.05, 0) is 17.9 Å². The molecule has 1 aromatic rings. The fourth-order valence-electron chi connectivity index (χ4n) is 3.20. The first-order chi connectivity index (χ1) is 16.8. The lowest BCUT2D eigenvalue weighted by Crippen LogP contribution is -2.59. The molecule has 1 aromatic carbocycles. The van der Waals surface area contributed by atoms with E-state index < -0.39 is 72.1 Å². The third-order valence-corrected chi connectivity index (χ3v) is 5.19. The first-order valence-electron chi connectivity index (χ1n) is 11.2. The summed E-state index contributed by atoms with van der Waals surface area (Å²) >= 11 is 0. The van der Waals surface area contributed by atoms with Crippen LogP contribution in [-0.4, -0.2) is 69.9 Å². The van der Waals surface area contributed by atoms with E-state index in [2.05, 4.69) is 16.0 Å². The van der Waals surface area contributed by atoms with Crippen molar-refractivity contribution < 1.29 is 39.0 Å². The van der Waals surface area contributed by atoms with Gasteiger partial charge < -0.3 is 37.6 Å². The Morgan fingerprint density at radius 1 is 0.861 bits per heavy atom. The summed E-state index contributed by atoms with van der Waals surface area (Å²) in [6.45, 7) is 3.22. The number of hydrogen-bond donors (Lipinski definition) is 7. The van der Waals surface area contributed by atoms with Crippen molar-refractivity contribution in [1.82, 2.24) is 16.0 Å². The predicted octanol–water partition coefficient (Wildman–Crippen LogP) is -1.51. The van der Waals surface area contributed by atoms with E-state index in [-0.39, 0.29) is 19.3 Å². The van der Waals surface area contributed by atoms with Gasteiger partial charge in [-0.25, -0.2) is 4.79 Å². The number of primary amides is 1. The van der Waals surface area contributed by atoms with Gasteiger partial charge in [0, 0.05) is 12.8 Å². The standard InChI is InChI=1S/C23H33N5O8/c1-12(2)19(28-20(32)14(24)8-9-18(30)31)22(34)26-15(11-17(25)29)21(33)27-16(23(35)36)10-13-6-4-3-5-7-13/h3-7,12,14-16,19H,8-11,24H2,1-2H3,(H2,25,29)(H,26,34)(H,27,33)(H,28,32)(H,30,31)(H,35,36). The average Bonchev–Trinajstić information content (AvgIpc) is 2.79. The molecular formula is C23H33N5O8. The van der Waals surface area contributed by atoms with Gasteiger partial charge in [-0.3, -0.25) is 24.0 Å². The van der Waals surface area contributed by atoms with Crippen LogP contribution >= 0.6 is 0 Å². The van der Waals surface area contributed by atoms with Crippen LogP contribution in [0.5, 0.6) is 0 Å². The zero-order valence-corrected chi connectivity index (χ0v) is 20.1. The van der Waals surface area contributed by atoms with Gasteiger partial charge in [-0.1, -0.05) is 44.2 Å². The van der Waals surface area contributed by atoms with Crippen LogP contribution in [0.2, 0.25) is 0 Å². The fraction of sp³-hybridized carbons (Fsp3) is 0.478. The van der Waals surface area contributed by atoms with Crippen LogP contribution in [-0.2, 0) is 35.2 Å². The van der Waals surface area contributed by atoms with Crippen molar-refractivity contribution >= 4 is 35.6 Å².